The van der Waals surface area contributed by atoms with E-state index < -0.39 is 11.7 Å². The Labute approximate surface area is 87.1 Å². The molecule has 15 heavy (non-hydrogen) atoms. The molecule has 1 aromatic rings. The Balaban J connectivity index is 3.03. The van der Waals surface area contributed by atoms with Crippen LogP contribution < -0.4 is 5.73 Å². The molecule has 0 bridgehead atoms. The molecule has 0 saturated heterocycles. The average molecular weight is 217 g/mol. The zero-order valence-corrected chi connectivity index (χ0v) is 8.56. The van der Waals surface area contributed by atoms with Gasteiger partial charge in [-0.1, -0.05) is 17.7 Å². The van der Waals surface area contributed by atoms with E-state index >= 15 is 0 Å². The van der Waals surface area contributed by atoms with Gasteiger partial charge >= 0.3 is 6.18 Å². The minimum absolute atomic E-state index is 0.341. The topological polar surface area (TPSA) is 26.0 Å². The van der Waals surface area contributed by atoms with Gasteiger partial charge in [0.25, 0.3) is 0 Å². The summed E-state index contributed by atoms with van der Waals surface area (Å²) in [6.07, 6.45) is -3.31. The fourth-order valence-corrected chi connectivity index (χ4v) is 1.50. The molecule has 0 aliphatic carbocycles. The van der Waals surface area contributed by atoms with Gasteiger partial charge in [-0.3, -0.25) is 0 Å². The monoisotopic (exact) mass is 217 g/mol. The van der Waals surface area contributed by atoms with Crippen molar-refractivity contribution in [3.05, 3.63) is 34.9 Å². The molecule has 0 fully saturated rings. The molecule has 0 heterocycles. The second kappa shape index (κ2) is 4.66. The van der Waals surface area contributed by atoms with Gasteiger partial charge in [0, 0.05) is 0 Å². The Kier molecular flexibility index (Phi) is 3.74. The molecule has 0 aromatic heterocycles. The highest BCUT2D eigenvalue weighted by atomic mass is 19.4. The van der Waals surface area contributed by atoms with Gasteiger partial charge in [-0.15, -0.1) is 0 Å². The van der Waals surface area contributed by atoms with E-state index in [9.17, 15) is 13.2 Å². The van der Waals surface area contributed by atoms with E-state index in [1.54, 1.807) is 13.0 Å². The molecule has 1 aromatic carbocycles. The van der Waals surface area contributed by atoms with Crippen LogP contribution >= 0.6 is 0 Å². The maximum Gasteiger partial charge on any atom is 0.416 e. The number of halogens is 3. The molecule has 4 heteroatoms. The molecule has 0 saturated carbocycles. The third kappa shape index (κ3) is 3.23. The maximum atomic E-state index is 12.6. The maximum absolute atomic E-state index is 12.6. The molecule has 1 nitrogen and oxygen atoms in total. The van der Waals surface area contributed by atoms with Crippen LogP contribution in [-0.4, -0.2) is 6.54 Å². The van der Waals surface area contributed by atoms with Crippen LogP contribution in [0.15, 0.2) is 18.2 Å². The van der Waals surface area contributed by atoms with E-state index in [0.717, 1.165) is 11.6 Å². The van der Waals surface area contributed by atoms with Crippen molar-refractivity contribution in [3.8, 4) is 0 Å². The van der Waals surface area contributed by atoms with E-state index in [2.05, 4.69) is 0 Å². The Morgan fingerprint density at radius 3 is 2.47 bits per heavy atom. The normalized spacial score (nSPS) is 11.8. The molecule has 0 spiro atoms. The van der Waals surface area contributed by atoms with Crippen LogP contribution in [0.25, 0.3) is 0 Å². The van der Waals surface area contributed by atoms with Crippen molar-refractivity contribution in [2.75, 3.05) is 6.54 Å². The standard InChI is InChI=1S/C11H14F3N/c1-8-4-5-10(11(12,13)14)9(7-8)3-2-6-15/h4-5,7H,2-3,6,15H2,1H3. The Hall–Kier alpha value is -1.03. The number of hydrogen-bond acceptors (Lipinski definition) is 1. The van der Waals surface area contributed by atoms with Crippen molar-refractivity contribution < 1.29 is 13.2 Å². The van der Waals surface area contributed by atoms with E-state index in [0.29, 0.717) is 24.9 Å². The first kappa shape index (κ1) is 12.0. The van der Waals surface area contributed by atoms with Gasteiger partial charge in [-0.25, -0.2) is 0 Å². The Bertz CT molecular complexity index is 331. The van der Waals surface area contributed by atoms with E-state index in [1.165, 1.54) is 6.07 Å². The molecule has 2 N–H and O–H groups in total. The van der Waals surface area contributed by atoms with Crippen molar-refractivity contribution in [2.45, 2.75) is 25.9 Å². The highest BCUT2D eigenvalue weighted by molar-refractivity contribution is 5.33. The zero-order chi connectivity index (χ0) is 11.5. The summed E-state index contributed by atoms with van der Waals surface area (Å²) in [6.45, 7) is 2.19. The highest BCUT2D eigenvalue weighted by Gasteiger charge is 2.32. The summed E-state index contributed by atoms with van der Waals surface area (Å²) < 4.78 is 37.7. The number of alkyl halides is 3. The third-order valence-corrected chi connectivity index (χ3v) is 2.22. The molecule has 1 rings (SSSR count). The molecule has 0 atom stereocenters. The van der Waals surface area contributed by atoms with Crippen molar-refractivity contribution >= 4 is 0 Å². The highest BCUT2D eigenvalue weighted by Crippen LogP contribution is 2.32. The Morgan fingerprint density at radius 2 is 1.93 bits per heavy atom. The number of nitrogens with two attached hydrogens (primary N) is 1. The van der Waals surface area contributed by atoms with Gasteiger partial charge in [0.15, 0.2) is 0 Å². The first-order valence-corrected chi connectivity index (χ1v) is 4.82. The third-order valence-electron chi connectivity index (χ3n) is 2.22. The summed E-state index contributed by atoms with van der Waals surface area (Å²) in [7, 11) is 0. The number of aryl methyl sites for hydroxylation is 2. The minimum atomic E-state index is -4.27. The number of hydrogen-bond donors (Lipinski definition) is 1. The van der Waals surface area contributed by atoms with Crippen LogP contribution in [0.3, 0.4) is 0 Å². The molecule has 0 unspecified atom stereocenters. The molecule has 0 amide bonds. The van der Waals surface area contributed by atoms with E-state index in [-0.39, 0.29) is 0 Å². The predicted octanol–water partition coefficient (Wildman–Crippen LogP) is 2.91. The van der Waals surface area contributed by atoms with Crippen LogP contribution in [-0.2, 0) is 12.6 Å². The lowest BCUT2D eigenvalue weighted by Crippen LogP contribution is -2.10. The summed E-state index contributed by atoms with van der Waals surface area (Å²) in [6, 6.07) is 4.20. The van der Waals surface area contributed by atoms with Crippen LogP contribution in [0.5, 0.6) is 0 Å². The second-order valence-electron chi connectivity index (χ2n) is 3.55. The van der Waals surface area contributed by atoms with Crippen LogP contribution in [0, 0.1) is 6.92 Å². The second-order valence-corrected chi connectivity index (χ2v) is 3.55. The summed E-state index contributed by atoms with van der Waals surface area (Å²) in [5, 5.41) is 0. The SMILES string of the molecule is Cc1ccc(C(F)(F)F)c(CCCN)c1. The average Bonchev–Trinajstić information content (AvgIpc) is 2.12. The predicted molar refractivity (Wildman–Crippen MR) is 53.6 cm³/mol. The zero-order valence-electron chi connectivity index (χ0n) is 8.56. The van der Waals surface area contributed by atoms with Gasteiger partial charge in [0.05, 0.1) is 5.56 Å². The van der Waals surface area contributed by atoms with Crippen molar-refractivity contribution in [2.24, 2.45) is 5.73 Å². The van der Waals surface area contributed by atoms with Gasteiger partial charge < -0.3 is 5.73 Å². The molecular weight excluding hydrogens is 203 g/mol. The van der Waals surface area contributed by atoms with Crippen molar-refractivity contribution in [3.63, 3.8) is 0 Å². The summed E-state index contributed by atoms with van der Waals surface area (Å²) in [5.41, 5.74) is 5.94. The molecule has 84 valence electrons. The van der Waals surface area contributed by atoms with E-state index in [4.69, 9.17) is 5.73 Å². The minimum Gasteiger partial charge on any atom is -0.330 e. The fraction of sp³-hybridized carbons (Fsp3) is 0.455. The van der Waals surface area contributed by atoms with Gasteiger partial charge in [-0.2, -0.15) is 13.2 Å². The molecule has 0 radical (unpaired) electrons. The van der Waals surface area contributed by atoms with Crippen molar-refractivity contribution in [1.29, 1.82) is 0 Å². The summed E-state index contributed by atoms with van der Waals surface area (Å²) in [5.74, 6) is 0. The van der Waals surface area contributed by atoms with Crippen LogP contribution in [0.1, 0.15) is 23.1 Å². The van der Waals surface area contributed by atoms with Gasteiger partial charge in [0.2, 0.25) is 0 Å². The van der Waals surface area contributed by atoms with Crippen LogP contribution in [0.2, 0.25) is 0 Å². The lowest BCUT2D eigenvalue weighted by Gasteiger charge is -2.13. The van der Waals surface area contributed by atoms with Gasteiger partial charge in [0.1, 0.15) is 0 Å². The quantitative estimate of drug-likeness (QED) is 0.827. The van der Waals surface area contributed by atoms with E-state index in [1.807, 2.05) is 0 Å². The lowest BCUT2D eigenvalue weighted by molar-refractivity contribution is -0.138. The summed E-state index contributed by atoms with van der Waals surface area (Å²) in [4.78, 5) is 0. The molecule has 0 aliphatic rings. The van der Waals surface area contributed by atoms with Crippen LogP contribution in [0.4, 0.5) is 13.2 Å². The largest absolute Gasteiger partial charge is 0.416 e. The fourth-order valence-electron chi connectivity index (χ4n) is 1.50. The lowest BCUT2D eigenvalue weighted by atomic mass is 10.00. The summed E-state index contributed by atoms with van der Waals surface area (Å²) >= 11 is 0. The van der Waals surface area contributed by atoms with Crippen molar-refractivity contribution in [1.82, 2.24) is 0 Å². The smallest absolute Gasteiger partial charge is 0.330 e. The molecule has 0 aliphatic heterocycles. The van der Waals surface area contributed by atoms with Gasteiger partial charge in [-0.05, 0) is 37.9 Å². The molecular formula is C11H14F3N. The number of benzene rings is 1. The number of rotatable bonds is 3. The first-order chi connectivity index (χ1) is 6.95. The first-order valence-electron chi connectivity index (χ1n) is 4.82. The Morgan fingerprint density at radius 1 is 1.27 bits per heavy atom.